The van der Waals surface area contributed by atoms with Crippen molar-refractivity contribution in [2.24, 2.45) is 5.41 Å². The van der Waals surface area contributed by atoms with Crippen molar-refractivity contribution in [3.63, 3.8) is 0 Å². The fraction of sp³-hybridized carbons (Fsp3) is 0.253. The number of benzene rings is 8. The van der Waals surface area contributed by atoms with Gasteiger partial charge in [-0.3, -0.25) is 19.2 Å². The van der Waals surface area contributed by atoms with Gasteiger partial charge < -0.3 is 37.9 Å². The summed E-state index contributed by atoms with van der Waals surface area (Å²) in [6.07, 6.45) is -3.53. The zero-order valence-electron chi connectivity index (χ0n) is 49.8. The lowest BCUT2D eigenvalue weighted by atomic mass is 9.92. The van der Waals surface area contributed by atoms with Gasteiger partial charge in [-0.2, -0.15) is 0 Å². The lowest BCUT2D eigenvalue weighted by Gasteiger charge is -2.34. The number of hydrogen-bond donors (Lipinski definition) is 0. The molecule has 0 bridgehead atoms. The molecule has 4 unspecified atom stereocenters. The Morgan fingerprint density at radius 1 is 0.264 bits per heavy atom. The minimum atomic E-state index is -1.28. The van der Waals surface area contributed by atoms with Crippen molar-refractivity contribution in [2.75, 3.05) is 52.9 Å². The summed E-state index contributed by atoms with van der Waals surface area (Å²) in [7, 11) is 0. The second kappa shape index (κ2) is 34.8. The summed E-state index contributed by atoms with van der Waals surface area (Å²) in [6.45, 7) is 4.96. The molecule has 0 heterocycles. The SMILES string of the molecule is C.C.CC(COCC(COCC(C)OC(=O)c1ccccc1C(=O)c1ccccc1)(COCC(C)OC(=O)c1ccccc1C(=O)c1ccccc1)COCC(C)OC(=O)c1ccccc1C(=O)c1ccccc1)OC(=O)c1ccccc1C(=O)c1ccccc1. The molecule has 0 saturated heterocycles. The van der Waals surface area contributed by atoms with Gasteiger partial charge in [-0.15, -0.1) is 0 Å². The van der Waals surface area contributed by atoms with E-state index in [9.17, 15) is 38.4 Å². The Morgan fingerprint density at radius 3 is 0.615 bits per heavy atom. The Morgan fingerprint density at radius 2 is 0.429 bits per heavy atom. The first-order valence-corrected chi connectivity index (χ1v) is 29.0. The zero-order valence-corrected chi connectivity index (χ0v) is 49.8. The normalized spacial score (nSPS) is 12.8. The molecule has 8 aromatic carbocycles. The molecule has 4 atom stereocenters. The standard InChI is InChI=1S/C73H68O16.2CH4/c1-49(86-69(78)61-37-21-17-33-57(61)65(74)53-25-9-5-10-26-53)41-82-45-73(46-83-42-50(2)87-70(79)62-38-22-18-34-58(62)66(75)54-27-11-6-12-28-54,47-84-43-51(3)88-71(80)63-39-23-19-35-59(63)67(76)55-29-13-7-14-30-55)48-85-44-52(4)89-72(81)64-40-24-20-36-60(64)68(77)56-31-15-8-16-32-56;;/h5-40,49-52H,41-48H2,1-4H3;2*1H4. The van der Waals surface area contributed by atoms with E-state index in [0.29, 0.717) is 22.3 Å². The molecule has 0 radical (unpaired) electrons. The summed E-state index contributed by atoms with van der Waals surface area (Å²) >= 11 is 0. The fourth-order valence-electron chi connectivity index (χ4n) is 9.55. The Hall–Kier alpha value is -9.84. The number of carbonyl (C=O) groups is 8. The van der Waals surface area contributed by atoms with Crippen LogP contribution >= 0.6 is 0 Å². The highest BCUT2D eigenvalue weighted by Crippen LogP contribution is 2.26. The van der Waals surface area contributed by atoms with Gasteiger partial charge in [0.25, 0.3) is 0 Å². The van der Waals surface area contributed by atoms with E-state index >= 15 is 0 Å². The molecule has 472 valence electrons. The van der Waals surface area contributed by atoms with Crippen LogP contribution in [0.15, 0.2) is 218 Å². The maximum Gasteiger partial charge on any atom is 0.339 e. The van der Waals surface area contributed by atoms with Crippen LogP contribution in [-0.2, 0) is 37.9 Å². The first-order chi connectivity index (χ1) is 43.1. The highest BCUT2D eigenvalue weighted by molar-refractivity contribution is 6.17. The molecule has 0 fully saturated rings. The van der Waals surface area contributed by atoms with E-state index in [1.807, 2.05) is 0 Å². The van der Waals surface area contributed by atoms with E-state index in [1.54, 1.807) is 222 Å². The highest BCUT2D eigenvalue weighted by atomic mass is 16.6. The van der Waals surface area contributed by atoms with Gasteiger partial charge in [-0.1, -0.05) is 209 Å². The quantitative estimate of drug-likeness (QED) is 0.0218. The van der Waals surface area contributed by atoms with Crippen LogP contribution in [0, 0.1) is 5.41 Å². The van der Waals surface area contributed by atoms with E-state index in [1.165, 1.54) is 24.3 Å². The smallest absolute Gasteiger partial charge is 0.339 e. The summed E-state index contributed by atoms with van der Waals surface area (Å²) in [5.41, 5.74) is 1.12. The van der Waals surface area contributed by atoms with Crippen LogP contribution in [-0.4, -0.2) is 124 Å². The molecule has 0 saturated carbocycles. The summed E-state index contributed by atoms with van der Waals surface area (Å²) in [6, 6.07) is 59.5. The molecule has 0 amide bonds. The van der Waals surface area contributed by atoms with Crippen molar-refractivity contribution in [1.29, 1.82) is 0 Å². The number of hydrogen-bond acceptors (Lipinski definition) is 16. The van der Waals surface area contributed by atoms with E-state index in [-0.39, 0.29) is 135 Å². The van der Waals surface area contributed by atoms with Crippen molar-refractivity contribution in [3.8, 4) is 0 Å². The minimum absolute atomic E-state index is 0. The summed E-state index contributed by atoms with van der Waals surface area (Å²) < 4.78 is 48.9. The van der Waals surface area contributed by atoms with Crippen LogP contribution in [0.3, 0.4) is 0 Å². The number of rotatable bonds is 32. The van der Waals surface area contributed by atoms with Gasteiger partial charge in [0.2, 0.25) is 0 Å². The zero-order chi connectivity index (χ0) is 63.1. The Labute approximate surface area is 531 Å². The molecule has 0 aliphatic rings. The minimum Gasteiger partial charge on any atom is -0.457 e. The number of ketones is 4. The van der Waals surface area contributed by atoms with Crippen LogP contribution in [0.25, 0.3) is 0 Å². The third kappa shape index (κ3) is 19.6. The van der Waals surface area contributed by atoms with E-state index in [4.69, 9.17) is 37.9 Å². The molecule has 0 spiro atoms. The van der Waals surface area contributed by atoms with E-state index < -0.39 is 53.7 Å². The third-order valence-corrected chi connectivity index (χ3v) is 14.0. The molecular weight excluding hydrogens is 1160 g/mol. The highest BCUT2D eigenvalue weighted by Gasteiger charge is 2.35. The molecule has 16 heteroatoms. The molecule has 8 aromatic rings. The third-order valence-electron chi connectivity index (χ3n) is 14.0. The van der Waals surface area contributed by atoms with Gasteiger partial charge in [0, 0.05) is 44.5 Å². The molecule has 16 nitrogen and oxygen atoms in total. The maximum atomic E-state index is 13.8. The average molecular weight is 1230 g/mol. The lowest BCUT2D eigenvalue weighted by Crippen LogP contribution is -2.44. The van der Waals surface area contributed by atoms with Gasteiger partial charge in [-0.05, 0) is 52.0 Å². The predicted molar refractivity (Wildman–Crippen MR) is 344 cm³/mol. The molecule has 0 N–H and O–H groups in total. The Kier molecular flexibility index (Phi) is 26.9. The van der Waals surface area contributed by atoms with Crippen molar-refractivity contribution in [3.05, 3.63) is 285 Å². The van der Waals surface area contributed by atoms with Crippen molar-refractivity contribution >= 4 is 47.0 Å². The second-order valence-electron chi connectivity index (χ2n) is 21.4. The van der Waals surface area contributed by atoms with Crippen molar-refractivity contribution in [1.82, 2.24) is 0 Å². The fourth-order valence-corrected chi connectivity index (χ4v) is 9.55. The van der Waals surface area contributed by atoms with E-state index in [0.717, 1.165) is 0 Å². The molecule has 0 aromatic heterocycles. The molecule has 91 heavy (non-hydrogen) atoms. The average Bonchev–Trinajstić information content (AvgIpc) is 1.36. The topological polar surface area (TPSA) is 210 Å². The van der Waals surface area contributed by atoms with Gasteiger partial charge in [0.05, 0.1) is 80.5 Å². The van der Waals surface area contributed by atoms with Gasteiger partial charge in [0.15, 0.2) is 23.1 Å². The lowest BCUT2D eigenvalue weighted by molar-refractivity contribution is -0.130. The van der Waals surface area contributed by atoms with E-state index in [2.05, 4.69) is 0 Å². The molecule has 0 aliphatic heterocycles. The number of esters is 4. The van der Waals surface area contributed by atoms with Crippen LogP contribution in [0.1, 0.15) is 148 Å². The summed E-state index contributed by atoms with van der Waals surface area (Å²) in [4.78, 5) is 109. The number of carbonyl (C=O) groups excluding carboxylic acids is 8. The summed E-state index contributed by atoms with van der Waals surface area (Å²) in [5, 5.41) is 0. The van der Waals surface area contributed by atoms with Crippen LogP contribution in [0.2, 0.25) is 0 Å². The summed E-state index contributed by atoms with van der Waals surface area (Å²) in [5.74, 6) is -4.49. The molecule has 8 rings (SSSR count). The first kappa shape index (κ1) is 70.2. The van der Waals surface area contributed by atoms with Crippen LogP contribution < -0.4 is 0 Å². The predicted octanol–water partition coefficient (Wildman–Crippen LogP) is 13.2. The monoisotopic (exact) mass is 1230 g/mol. The number of ether oxygens (including phenoxy) is 8. The van der Waals surface area contributed by atoms with Gasteiger partial charge in [0.1, 0.15) is 24.4 Å². The first-order valence-electron chi connectivity index (χ1n) is 29.0. The largest absolute Gasteiger partial charge is 0.457 e. The second-order valence-corrected chi connectivity index (χ2v) is 21.4. The van der Waals surface area contributed by atoms with Crippen LogP contribution in [0.4, 0.5) is 0 Å². The Balaban J connectivity index is 0.00000658. The van der Waals surface area contributed by atoms with Gasteiger partial charge >= 0.3 is 23.9 Å². The molecule has 0 aliphatic carbocycles. The Bertz CT molecular complexity index is 3230. The van der Waals surface area contributed by atoms with Crippen molar-refractivity contribution in [2.45, 2.75) is 67.0 Å². The van der Waals surface area contributed by atoms with Crippen molar-refractivity contribution < 1.29 is 76.3 Å². The van der Waals surface area contributed by atoms with Gasteiger partial charge in [-0.25, -0.2) is 19.2 Å². The molecular formula is C75H76O16. The van der Waals surface area contributed by atoms with Crippen LogP contribution in [0.5, 0.6) is 0 Å². The maximum absolute atomic E-state index is 13.8.